The molecule has 0 radical (unpaired) electrons. The van der Waals surface area contributed by atoms with E-state index in [1.54, 1.807) is 0 Å². The summed E-state index contributed by atoms with van der Waals surface area (Å²) in [5.74, 6) is 0. The van der Waals surface area contributed by atoms with Crippen LogP contribution in [0.1, 0.15) is 71.1 Å². The van der Waals surface area contributed by atoms with Crippen LogP contribution in [0.2, 0.25) is 0 Å². The van der Waals surface area contributed by atoms with Crippen LogP contribution >= 0.6 is 0 Å². The standard InChI is InChI=1S/C15H30O6S2/c1-3-5-6-7-8-9-10-11-12-13-14-21-23(19,20)15(4-2)22(16,17)18/h4,15H,2-3,5-14H2,1H3,(H,16,17,18). The lowest BCUT2D eigenvalue weighted by atomic mass is 10.1. The fourth-order valence-corrected chi connectivity index (χ4v) is 4.54. The molecule has 0 saturated heterocycles. The van der Waals surface area contributed by atoms with Crippen molar-refractivity contribution in [3.8, 4) is 0 Å². The molecule has 0 bridgehead atoms. The van der Waals surface area contributed by atoms with Crippen molar-refractivity contribution in [2.45, 2.75) is 75.7 Å². The van der Waals surface area contributed by atoms with Crippen LogP contribution in [0.25, 0.3) is 0 Å². The summed E-state index contributed by atoms with van der Waals surface area (Å²) < 4.78 is 56.5. The van der Waals surface area contributed by atoms with E-state index in [2.05, 4.69) is 17.7 Å². The lowest BCUT2D eigenvalue weighted by Gasteiger charge is -2.10. The normalized spacial score (nSPS) is 13.8. The van der Waals surface area contributed by atoms with Gasteiger partial charge in [-0.05, 0) is 6.42 Å². The SMILES string of the molecule is C=CC(S(=O)(=O)O)S(=O)(=O)OCCCCCCCCCCCC. The van der Waals surface area contributed by atoms with Crippen molar-refractivity contribution in [3.63, 3.8) is 0 Å². The third kappa shape index (κ3) is 10.9. The van der Waals surface area contributed by atoms with E-state index >= 15 is 0 Å². The van der Waals surface area contributed by atoms with Crippen molar-refractivity contribution in [3.05, 3.63) is 12.7 Å². The van der Waals surface area contributed by atoms with Gasteiger partial charge in [0.1, 0.15) is 0 Å². The summed E-state index contributed by atoms with van der Waals surface area (Å²) in [6.07, 6.45) is 11.6. The van der Waals surface area contributed by atoms with Crippen molar-refractivity contribution in [2.75, 3.05) is 6.61 Å². The van der Waals surface area contributed by atoms with Crippen molar-refractivity contribution in [2.24, 2.45) is 0 Å². The van der Waals surface area contributed by atoms with Gasteiger partial charge in [-0.2, -0.15) is 16.8 Å². The minimum atomic E-state index is -4.77. The first-order valence-electron chi connectivity index (χ1n) is 8.22. The molecule has 0 aromatic heterocycles. The highest BCUT2D eigenvalue weighted by atomic mass is 32.3. The predicted octanol–water partition coefficient (Wildman–Crippen LogP) is 3.65. The Kier molecular flexibility index (Phi) is 11.8. The molecule has 138 valence electrons. The topological polar surface area (TPSA) is 97.7 Å². The molecular formula is C15H30O6S2. The van der Waals surface area contributed by atoms with Crippen LogP contribution in [0.5, 0.6) is 0 Å². The van der Waals surface area contributed by atoms with Gasteiger partial charge < -0.3 is 0 Å². The second-order valence-electron chi connectivity index (χ2n) is 5.62. The van der Waals surface area contributed by atoms with E-state index in [9.17, 15) is 16.8 Å². The minimum Gasteiger partial charge on any atom is -0.284 e. The Morgan fingerprint density at radius 1 is 0.913 bits per heavy atom. The van der Waals surface area contributed by atoms with E-state index in [0.29, 0.717) is 12.5 Å². The van der Waals surface area contributed by atoms with Gasteiger partial charge in [-0.1, -0.05) is 70.8 Å². The first-order chi connectivity index (χ1) is 10.8. The number of unbranched alkanes of at least 4 members (excludes halogenated alkanes) is 9. The van der Waals surface area contributed by atoms with Gasteiger partial charge in [0, 0.05) is 0 Å². The average Bonchev–Trinajstić information content (AvgIpc) is 2.43. The van der Waals surface area contributed by atoms with Crippen LogP contribution in [0.15, 0.2) is 12.7 Å². The summed E-state index contributed by atoms with van der Waals surface area (Å²) in [6.45, 7) is 5.21. The monoisotopic (exact) mass is 370 g/mol. The van der Waals surface area contributed by atoms with E-state index in [1.165, 1.54) is 38.5 Å². The lowest BCUT2D eigenvalue weighted by molar-refractivity contribution is 0.305. The molecule has 1 atom stereocenters. The molecule has 1 unspecified atom stereocenters. The highest BCUT2D eigenvalue weighted by Gasteiger charge is 2.34. The van der Waals surface area contributed by atoms with Gasteiger partial charge in [-0.15, -0.1) is 6.58 Å². The van der Waals surface area contributed by atoms with Crippen molar-refractivity contribution in [1.82, 2.24) is 0 Å². The molecule has 0 spiro atoms. The van der Waals surface area contributed by atoms with E-state index < -0.39 is 24.8 Å². The summed E-state index contributed by atoms with van der Waals surface area (Å²) >= 11 is 0. The average molecular weight is 371 g/mol. The Labute approximate surface area is 141 Å². The van der Waals surface area contributed by atoms with Crippen LogP contribution in [0.4, 0.5) is 0 Å². The molecule has 1 N–H and O–H groups in total. The molecule has 0 saturated carbocycles. The summed E-state index contributed by atoms with van der Waals surface area (Å²) in [5, 5.41) is 0. The molecule has 8 heteroatoms. The lowest BCUT2D eigenvalue weighted by Crippen LogP contribution is -2.29. The summed E-state index contributed by atoms with van der Waals surface area (Å²) in [4.78, 5) is 0. The van der Waals surface area contributed by atoms with Gasteiger partial charge in [-0.25, -0.2) is 0 Å². The quantitative estimate of drug-likeness (QED) is 0.204. The van der Waals surface area contributed by atoms with Crippen LogP contribution in [0.3, 0.4) is 0 Å². The maximum Gasteiger partial charge on any atom is 0.291 e. The molecule has 0 aliphatic carbocycles. The third-order valence-electron chi connectivity index (χ3n) is 3.52. The van der Waals surface area contributed by atoms with E-state index in [4.69, 9.17) is 4.55 Å². The molecule has 6 nitrogen and oxygen atoms in total. The van der Waals surface area contributed by atoms with Gasteiger partial charge in [0.15, 0.2) is 0 Å². The molecule has 0 aliphatic rings. The second kappa shape index (κ2) is 12.0. The number of hydrogen-bond acceptors (Lipinski definition) is 5. The zero-order valence-electron chi connectivity index (χ0n) is 13.9. The van der Waals surface area contributed by atoms with E-state index in [-0.39, 0.29) is 6.61 Å². The highest BCUT2D eigenvalue weighted by Crippen LogP contribution is 2.14. The van der Waals surface area contributed by atoms with Crippen molar-refractivity contribution < 1.29 is 25.6 Å². The third-order valence-corrected chi connectivity index (χ3v) is 6.99. The Balaban J connectivity index is 3.77. The van der Waals surface area contributed by atoms with Gasteiger partial charge >= 0.3 is 0 Å². The maximum atomic E-state index is 11.6. The largest absolute Gasteiger partial charge is 0.291 e. The molecular weight excluding hydrogens is 340 g/mol. The number of rotatable bonds is 15. The molecule has 0 aromatic carbocycles. The fraction of sp³-hybridized carbons (Fsp3) is 0.867. The fourth-order valence-electron chi connectivity index (χ4n) is 2.22. The number of hydrogen-bond donors (Lipinski definition) is 1. The van der Waals surface area contributed by atoms with Crippen molar-refractivity contribution >= 4 is 20.2 Å². The van der Waals surface area contributed by atoms with Gasteiger partial charge in [-0.3, -0.25) is 8.74 Å². The first kappa shape index (κ1) is 22.6. The minimum absolute atomic E-state index is 0.0846. The smallest absolute Gasteiger partial charge is 0.284 e. The molecule has 0 fully saturated rings. The van der Waals surface area contributed by atoms with Gasteiger partial charge in [0.05, 0.1) is 6.61 Å². The molecule has 0 amide bonds. The summed E-state index contributed by atoms with van der Waals surface area (Å²) in [7, 11) is -9.16. The zero-order chi connectivity index (χ0) is 17.8. The van der Waals surface area contributed by atoms with E-state index in [1.807, 2.05) is 0 Å². The second-order valence-corrected chi connectivity index (χ2v) is 9.18. The molecule has 0 aromatic rings. The van der Waals surface area contributed by atoms with Crippen LogP contribution < -0.4 is 0 Å². The molecule has 0 rings (SSSR count). The van der Waals surface area contributed by atoms with Gasteiger partial charge in [0.2, 0.25) is 4.58 Å². The van der Waals surface area contributed by atoms with Crippen LogP contribution in [-0.4, -0.2) is 32.6 Å². The summed E-state index contributed by atoms with van der Waals surface area (Å²) in [6, 6.07) is 0. The molecule has 23 heavy (non-hydrogen) atoms. The predicted molar refractivity (Wildman–Crippen MR) is 92.2 cm³/mol. The molecule has 0 aliphatic heterocycles. The van der Waals surface area contributed by atoms with Crippen LogP contribution in [-0.2, 0) is 24.4 Å². The Hall–Kier alpha value is -0.440. The Bertz CT molecular complexity index is 510. The molecule has 0 heterocycles. The van der Waals surface area contributed by atoms with E-state index in [0.717, 1.165) is 19.3 Å². The zero-order valence-corrected chi connectivity index (χ0v) is 15.6. The van der Waals surface area contributed by atoms with Gasteiger partial charge in [0.25, 0.3) is 20.2 Å². The Morgan fingerprint density at radius 2 is 1.35 bits per heavy atom. The van der Waals surface area contributed by atoms with Crippen molar-refractivity contribution in [1.29, 1.82) is 0 Å². The maximum absolute atomic E-state index is 11.6. The Morgan fingerprint density at radius 3 is 1.74 bits per heavy atom. The first-order valence-corrected chi connectivity index (χ1v) is 11.2. The summed E-state index contributed by atoms with van der Waals surface area (Å²) in [5.41, 5.74) is 0. The highest BCUT2D eigenvalue weighted by molar-refractivity contribution is 8.04. The van der Waals surface area contributed by atoms with Crippen LogP contribution in [0, 0.1) is 0 Å².